The molecule has 1 aromatic heterocycles. The molecule has 0 fully saturated rings. The molecule has 0 spiro atoms. The standard InChI is InChI=1S/C26H33ClN4O2/c1-3-16-30(17-4-2)26(33)19-31-23-9-6-5-8-22(23)29-24(31)10-7-15-28-25(32)18-20-11-13-21(27)14-12-20/h5-6,8-9,11-14H,3-4,7,10,15-19H2,1-2H3,(H,28,32). The summed E-state index contributed by atoms with van der Waals surface area (Å²) >= 11 is 5.90. The minimum absolute atomic E-state index is 0.0178. The van der Waals surface area contributed by atoms with E-state index >= 15 is 0 Å². The average Bonchev–Trinajstić information content (AvgIpc) is 3.15. The maximum absolute atomic E-state index is 13.0. The van der Waals surface area contributed by atoms with Gasteiger partial charge in [0.25, 0.3) is 0 Å². The van der Waals surface area contributed by atoms with Crippen molar-refractivity contribution in [1.82, 2.24) is 19.8 Å². The molecule has 0 saturated heterocycles. The van der Waals surface area contributed by atoms with E-state index < -0.39 is 0 Å². The summed E-state index contributed by atoms with van der Waals surface area (Å²) in [6, 6.07) is 15.2. The molecule has 3 aromatic rings. The third-order valence-corrected chi connectivity index (χ3v) is 5.80. The van der Waals surface area contributed by atoms with Gasteiger partial charge in [0.15, 0.2) is 0 Å². The van der Waals surface area contributed by atoms with Crippen LogP contribution in [-0.2, 0) is 29.0 Å². The summed E-state index contributed by atoms with van der Waals surface area (Å²) in [4.78, 5) is 32.0. The van der Waals surface area contributed by atoms with E-state index in [4.69, 9.17) is 16.6 Å². The van der Waals surface area contributed by atoms with Crippen LogP contribution in [-0.4, -0.2) is 45.9 Å². The van der Waals surface area contributed by atoms with Crippen molar-refractivity contribution in [3.05, 3.63) is 64.9 Å². The number of hydrogen-bond donors (Lipinski definition) is 1. The number of nitrogens with one attached hydrogen (secondary N) is 1. The van der Waals surface area contributed by atoms with Gasteiger partial charge in [0, 0.05) is 31.1 Å². The molecule has 2 aromatic carbocycles. The summed E-state index contributed by atoms with van der Waals surface area (Å²) in [6.45, 7) is 6.58. The number of aromatic nitrogens is 2. The van der Waals surface area contributed by atoms with Crippen molar-refractivity contribution in [2.45, 2.75) is 52.5 Å². The van der Waals surface area contributed by atoms with E-state index in [-0.39, 0.29) is 11.8 Å². The Kier molecular flexibility index (Phi) is 9.31. The number of fused-ring (bicyclic) bond motifs is 1. The van der Waals surface area contributed by atoms with Crippen molar-refractivity contribution >= 4 is 34.4 Å². The largest absolute Gasteiger partial charge is 0.356 e. The second-order valence-corrected chi connectivity index (χ2v) is 8.68. The molecule has 3 rings (SSSR count). The monoisotopic (exact) mass is 468 g/mol. The summed E-state index contributed by atoms with van der Waals surface area (Å²) in [7, 11) is 0. The summed E-state index contributed by atoms with van der Waals surface area (Å²) in [5.74, 6) is 0.986. The first-order valence-electron chi connectivity index (χ1n) is 11.7. The van der Waals surface area contributed by atoms with Crippen molar-refractivity contribution in [2.75, 3.05) is 19.6 Å². The van der Waals surface area contributed by atoms with Gasteiger partial charge < -0.3 is 14.8 Å². The van der Waals surface area contributed by atoms with Crippen LogP contribution in [0.15, 0.2) is 48.5 Å². The first kappa shape index (κ1) is 24.8. The summed E-state index contributed by atoms with van der Waals surface area (Å²) in [5, 5.41) is 3.64. The Morgan fingerprint density at radius 3 is 2.42 bits per heavy atom. The van der Waals surface area contributed by atoms with Gasteiger partial charge in [-0.3, -0.25) is 9.59 Å². The molecule has 0 unspecified atom stereocenters. The van der Waals surface area contributed by atoms with Crippen LogP contribution in [0, 0.1) is 0 Å². The summed E-state index contributed by atoms with van der Waals surface area (Å²) in [6.07, 6.45) is 3.65. The van der Waals surface area contributed by atoms with E-state index in [2.05, 4.69) is 19.2 Å². The fourth-order valence-corrected chi connectivity index (χ4v) is 4.08. The lowest BCUT2D eigenvalue weighted by atomic mass is 10.1. The number of halogens is 1. The highest BCUT2D eigenvalue weighted by Crippen LogP contribution is 2.18. The van der Waals surface area contributed by atoms with E-state index in [1.165, 1.54) is 0 Å². The highest BCUT2D eigenvalue weighted by molar-refractivity contribution is 6.30. The maximum Gasteiger partial charge on any atom is 0.242 e. The molecular formula is C26H33ClN4O2. The predicted molar refractivity (Wildman–Crippen MR) is 133 cm³/mol. The van der Waals surface area contributed by atoms with E-state index in [1.807, 2.05) is 45.9 Å². The van der Waals surface area contributed by atoms with Crippen LogP contribution in [0.2, 0.25) is 5.02 Å². The number of nitrogens with zero attached hydrogens (tertiary/aromatic N) is 3. The highest BCUT2D eigenvalue weighted by atomic mass is 35.5. The zero-order chi connectivity index (χ0) is 23.6. The number of aryl methyl sites for hydroxylation is 1. The molecule has 0 saturated carbocycles. The van der Waals surface area contributed by atoms with Crippen molar-refractivity contribution in [2.24, 2.45) is 0 Å². The van der Waals surface area contributed by atoms with Gasteiger partial charge in [-0.1, -0.05) is 49.7 Å². The number of hydrogen-bond acceptors (Lipinski definition) is 3. The Hall–Kier alpha value is -2.86. The van der Waals surface area contributed by atoms with E-state index in [0.717, 1.165) is 54.8 Å². The predicted octanol–water partition coefficient (Wildman–Crippen LogP) is 4.63. The summed E-state index contributed by atoms with van der Waals surface area (Å²) < 4.78 is 2.03. The second-order valence-electron chi connectivity index (χ2n) is 8.24. The Morgan fingerprint density at radius 1 is 1.03 bits per heavy atom. The van der Waals surface area contributed by atoms with Gasteiger partial charge in [0.05, 0.1) is 17.5 Å². The van der Waals surface area contributed by atoms with Crippen LogP contribution in [0.4, 0.5) is 0 Å². The van der Waals surface area contributed by atoms with Gasteiger partial charge in [-0.05, 0) is 49.1 Å². The molecule has 33 heavy (non-hydrogen) atoms. The molecule has 1 N–H and O–H groups in total. The minimum atomic E-state index is -0.0178. The molecule has 6 nitrogen and oxygen atoms in total. The number of benzene rings is 2. The Bertz CT molecular complexity index is 1060. The molecule has 0 aliphatic heterocycles. The minimum Gasteiger partial charge on any atom is -0.356 e. The molecule has 2 amide bonds. The zero-order valence-corrected chi connectivity index (χ0v) is 20.3. The molecule has 1 heterocycles. The molecule has 0 aliphatic rings. The fraction of sp³-hybridized carbons (Fsp3) is 0.423. The normalized spacial score (nSPS) is 11.0. The van der Waals surface area contributed by atoms with E-state index in [9.17, 15) is 9.59 Å². The molecule has 0 aliphatic carbocycles. The SMILES string of the molecule is CCCN(CCC)C(=O)Cn1c(CCCNC(=O)Cc2ccc(Cl)cc2)nc2ccccc21. The van der Waals surface area contributed by atoms with Crippen LogP contribution in [0.3, 0.4) is 0 Å². The Labute approximate surface area is 200 Å². The van der Waals surface area contributed by atoms with E-state index in [1.54, 1.807) is 12.1 Å². The highest BCUT2D eigenvalue weighted by Gasteiger charge is 2.17. The zero-order valence-electron chi connectivity index (χ0n) is 19.5. The first-order chi connectivity index (χ1) is 16.0. The Morgan fingerprint density at radius 2 is 1.73 bits per heavy atom. The molecule has 0 radical (unpaired) electrons. The van der Waals surface area contributed by atoms with Gasteiger partial charge in [-0.2, -0.15) is 0 Å². The number of imidazole rings is 1. The fourth-order valence-electron chi connectivity index (χ4n) is 3.95. The van der Waals surface area contributed by atoms with Gasteiger partial charge in [0.1, 0.15) is 12.4 Å². The third-order valence-electron chi connectivity index (χ3n) is 5.54. The van der Waals surface area contributed by atoms with Crippen LogP contribution < -0.4 is 5.32 Å². The molecule has 176 valence electrons. The van der Waals surface area contributed by atoms with Gasteiger partial charge in [-0.25, -0.2) is 4.98 Å². The van der Waals surface area contributed by atoms with Crippen LogP contribution >= 0.6 is 11.6 Å². The second kappa shape index (κ2) is 12.4. The van der Waals surface area contributed by atoms with Gasteiger partial charge in [-0.15, -0.1) is 0 Å². The van der Waals surface area contributed by atoms with Crippen molar-refractivity contribution in [1.29, 1.82) is 0 Å². The van der Waals surface area contributed by atoms with Gasteiger partial charge >= 0.3 is 0 Å². The lowest BCUT2D eigenvalue weighted by molar-refractivity contribution is -0.131. The van der Waals surface area contributed by atoms with Crippen LogP contribution in [0.25, 0.3) is 11.0 Å². The summed E-state index contributed by atoms with van der Waals surface area (Å²) in [5.41, 5.74) is 2.80. The van der Waals surface area contributed by atoms with Crippen molar-refractivity contribution in [3.8, 4) is 0 Å². The van der Waals surface area contributed by atoms with Crippen molar-refractivity contribution < 1.29 is 9.59 Å². The van der Waals surface area contributed by atoms with Crippen LogP contribution in [0.1, 0.15) is 44.5 Å². The quantitative estimate of drug-likeness (QED) is 0.394. The number of carbonyl (C=O) groups is 2. The number of amides is 2. The lowest BCUT2D eigenvalue weighted by Gasteiger charge is -2.22. The average molecular weight is 469 g/mol. The molecule has 7 heteroatoms. The maximum atomic E-state index is 13.0. The molecule has 0 bridgehead atoms. The van der Waals surface area contributed by atoms with E-state index in [0.29, 0.717) is 31.0 Å². The third kappa shape index (κ3) is 7.06. The first-order valence-corrected chi connectivity index (χ1v) is 12.1. The number of para-hydroxylation sites is 2. The lowest BCUT2D eigenvalue weighted by Crippen LogP contribution is -2.35. The van der Waals surface area contributed by atoms with Gasteiger partial charge in [0.2, 0.25) is 11.8 Å². The number of rotatable bonds is 12. The topological polar surface area (TPSA) is 67.2 Å². The van der Waals surface area contributed by atoms with Crippen LogP contribution in [0.5, 0.6) is 0 Å². The molecule has 0 atom stereocenters. The number of carbonyl (C=O) groups excluding carboxylic acids is 2. The molecular weight excluding hydrogens is 436 g/mol. The van der Waals surface area contributed by atoms with Crippen molar-refractivity contribution in [3.63, 3.8) is 0 Å². The Balaban J connectivity index is 1.61. The smallest absolute Gasteiger partial charge is 0.242 e.